The second-order valence-corrected chi connectivity index (χ2v) is 3.54. The number of rotatable bonds is 3. The summed E-state index contributed by atoms with van der Waals surface area (Å²) in [5.74, 6) is 0.300. The second-order valence-electron chi connectivity index (χ2n) is 2.16. The van der Waals surface area contributed by atoms with Crippen molar-refractivity contribution in [1.29, 1.82) is 0 Å². The Morgan fingerprint density at radius 2 is 2.38 bits per heavy atom. The zero-order valence-electron chi connectivity index (χ0n) is 6.95. The minimum Gasteiger partial charge on any atom is -0.358 e. The molecular formula is C7H8ClN3OS. The smallest absolute Gasteiger partial charge is 0.230 e. The first kappa shape index (κ1) is 10.3. The molecule has 0 saturated heterocycles. The van der Waals surface area contributed by atoms with Crippen molar-refractivity contribution in [3.05, 3.63) is 17.3 Å². The highest BCUT2D eigenvalue weighted by molar-refractivity contribution is 7.99. The van der Waals surface area contributed by atoms with Crippen molar-refractivity contribution in [3.63, 3.8) is 0 Å². The molecule has 6 heteroatoms. The molecule has 1 aromatic heterocycles. The summed E-state index contributed by atoms with van der Waals surface area (Å²) in [6, 6.07) is 3.36. The highest BCUT2D eigenvalue weighted by Gasteiger charge is 2.01. The highest BCUT2D eigenvalue weighted by atomic mass is 35.5. The van der Waals surface area contributed by atoms with Crippen molar-refractivity contribution < 1.29 is 4.79 Å². The van der Waals surface area contributed by atoms with E-state index in [1.54, 1.807) is 19.2 Å². The van der Waals surface area contributed by atoms with E-state index in [0.717, 1.165) is 0 Å². The van der Waals surface area contributed by atoms with Gasteiger partial charge in [-0.15, -0.1) is 10.2 Å². The average molecular weight is 218 g/mol. The molecule has 0 radical (unpaired) electrons. The number of halogens is 1. The number of amides is 1. The fourth-order valence-corrected chi connectivity index (χ4v) is 1.38. The first-order valence-electron chi connectivity index (χ1n) is 3.55. The van der Waals surface area contributed by atoms with E-state index in [-0.39, 0.29) is 5.91 Å². The van der Waals surface area contributed by atoms with Gasteiger partial charge < -0.3 is 5.32 Å². The Hall–Kier alpha value is -0.810. The minimum atomic E-state index is -0.0400. The Bertz CT molecular complexity index is 290. The fraction of sp³-hybridized carbons (Fsp3) is 0.286. The van der Waals surface area contributed by atoms with Crippen LogP contribution in [0.4, 0.5) is 0 Å². The lowest BCUT2D eigenvalue weighted by molar-refractivity contribution is -0.118. The summed E-state index contributed by atoms with van der Waals surface area (Å²) < 4.78 is 0. The third-order valence-corrected chi connectivity index (χ3v) is 2.36. The average Bonchev–Trinajstić information content (AvgIpc) is 2.16. The highest BCUT2D eigenvalue weighted by Crippen LogP contribution is 2.14. The molecule has 0 aliphatic rings. The lowest BCUT2D eigenvalue weighted by atomic mass is 10.6. The number of nitrogens with one attached hydrogen (secondary N) is 1. The maximum atomic E-state index is 10.8. The van der Waals surface area contributed by atoms with Crippen molar-refractivity contribution >= 4 is 29.3 Å². The number of aromatic nitrogens is 2. The van der Waals surface area contributed by atoms with Crippen LogP contribution >= 0.6 is 23.4 Å². The number of carbonyl (C=O) groups is 1. The molecule has 0 aromatic carbocycles. The van der Waals surface area contributed by atoms with Gasteiger partial charge in [-0.3, -0.25) is 4.79 Å². The van der Waals surface area contributed by atoms with Crippen molar-refractivity contribution in [3.8, 4) is 0 Å². The van der Waals surface area contributed by atoms with Gasteiger partial charge in [0.2, 0.25) is 5.91 Å². The first-order valence-corrected chi connectivity index (χ1v) is 4.91. The SMILES string of the molecule is CNC(=O)CSc1ccc(Cl)nn1. The van der Waals surface area contributed by atoms with E-state index in [0.29, 0.717) is 15.9 Å². The van der Waals surface area contributed by atoms with Gasteiger partial charge in [-0.1, -0.05) is 23.4 Å². The topological polar surface area (TPSA) is 54.9 Å². The molecule has 1 aromatic rings. The Morgan fingerprint density at radius 1 is 1.62 bits per heavy atom. The number of carbonyl (C=O) groups excluding carboxylic acids is 1. The van der Waals surface area contributed by atoms with E-state index in [1.807, 2.05) is 0 Å². The molecule has 1 heterocycles. The van der Waals surface area contributed by atoms with E-state index in [4.69, 9.17) is 11.6 Å². The van der Waals surface area contributed by atoms with Crippen LogP contribution in [0.15, 0.2) is 17.2 Å². The molecule has 0 aliphatic heterocycles. The van der Waals surface area contributed by atoms with Crippen LogP contribution in [0.2, 0.25) is 5.15 Å². The zero-order chi connectivity index (χ0) is 9.68. The molecule has 0 bridgehead atoms. The van der Waals surface area contributed by atoms with Gasteiger partial charge in [-0.05, 0) is 12.1 Å². The lowest BCUT2D eigenvalue weighted by Gasteiger charge is -1.98. The molecule has 0 saturated carbocycles. The third kappa shape index (κ3) is 3.61. The van der Waals surface area contributed by atoms with Crippen LogP contribution in [0.5, 0.6) is 0 Å². The number of nitrogens with zero attached hydrogens (tertiary/aromatic N) is 2. The van der Waals surface area contributed by atoms with Crippen molar-refractivity contribution in [2.24, 2.45) is 0 Å². The van der Waals surface area contributed by atoms with E-state index >= 15 is 0 Å². The van der Waals surface area contributed by atoms with Gasteiger partial charge in [0.25, 0.3) is 0 Å². The normalized spacial score (nSPS) is 9.69. The molecule has 1 rings (SSSR count). The van der Waals surface area contributed by atoms with E-state index in [2.05, 4.69) is 15.5 Å². The van der Waals surface area contributed by atoms with Gasteiger partial charge in [-0.25, -0.2) is 0 Å². The molecule has 1 N–H and O–H groups in total. The Balaban J connectivity index is 2.46. The molecule has 0 unspecified atom stereocenters. The predicted octanol–water partition coefficient (Wildman–Crippen LogP) is 0.968. The largest absolute Gasteiger partial charge is 0.358 e. The quantitative estimate of drug-likeness (QED) is 0.767. The zero-order valence-corrected chi connectivity index (χ0v) is 8.52. The molecule has 13 heavy (non-hydrogen) atoms. The number of thioether (sulfide) groups is 1. The summed E-state index contributed by atoms with van der Waals surface area (Å²) in [6.07, 6.45) is 0. The van der Waals surface area contributed by atoms with E-state index in [1.165, 1.54) is 11.8 Å². The fourth-order valence-electron chi connectivity index (χ4n) is 0.592. The van der Waals surface area contributed by atoms with Crippen LogP contribution in [0.1, 0.15) is 0 Å². The molecule has 0 spiro atoms. The van der Waals surface area contributed by atoms with Crippen molar-refractivity contribution in [2.75, 3.05) is 12.8 Å². The minimum absolute atomic E-state index is 0.0400. The monoisotopic (exact) mass is 217 g/mol. The molecule has 0 atom stereocenters. The summed E-state index contributed by atoms with van der Waals surface area (Å²) in [5.41, 5.74) is 0. The number of hydrogen-bond donors (Lipinski definition) is 1. The third-order valence-electron chi connectivity index (χ3n) is 1.24. The van der Waals surface area contributed by atoms with E-state index < -0.39 is 0 Å². The summed E-state index contributed by atoms with van der Waals surface area (Å²) in [4.78, 5) is 10.8. The Labute approximate surface area is 85.1 Å². The molecule has 0 fully saturated rings. The van der Waals surface area contributed by atoms with Crippen molar-refractivity contribution in [1.82, 2.24) is 15.5 Å². The van der Waals surface area contributed by atoms with Gasteiger partial charge in [0.05, 0.1) is 5.75 Å². The van der Waals surface area contributed by atoms with Crippen LogP contribution in [0.3, 0.4) is 0 Å². The van der Waals surface area contributed by atoms with Gasteiger partial charge in [0, 0.05) is 7.05 Å². The molecule has 4 nitrogen and oxygen atoms in total. The second kappa shape index (κ2) is 5.04. The number of hydrogen-bond acceptors (Lipinski definition) is 4. The predicted molar refractivity (Wildman–Crippen MR) is 51.8 cm³/mol. The Morgan fingerprint density at radius 3 is 2.92 bits per heavy atom. The van der Waals surface area contributed by atoms with Crippen LogP contribution in [-0.4, -0.2) is 28.9 Å². The summed E-state index contributed by atoms with van der Waals surface area (Å²) in [7, 11) is 1.59. The first-order chi connectivity index (χ1) is 6.22. The lowest BCUT2D eigenvalue weighted by Crippen LogP contribution is -2.19. The van der Waals surface area contributed by atoms with Crippen LogP contribution in [-0.2, 0) is 4.79 Å². The van der Waals surface area contributed by atoms with Gasteiger partial charge in [0.1, 0.15) is 5.03 Å². The molecule has 0 aliphatic carbocycles. The molecule has 70 valence electrons. The summed E-state index contributed by atoms with van der Waals surface area (Å²) in [5, 5.41) is 11.0. The molecular weight excluding hydrogens is 210 g/mol. The van der Waals surface area contributed by atoms with Gasteiger partial charge in [0.15, 0.2) is 5.15 Å². The van der Waals surface area contributed by atoms with Gasteiger partial charge >= 0.3 is 0 Å². The van der Waals surface area contributed by atoms with Crippen LogP contribution < -0.4 is 5.32 Å². The van der Waals surface area contributed by atoms with E-state index in [9.17, 15) is 4.79 Å². The van der Waals surface area contributed by atoms with Crippen molar-refractivity contribution in [2.45, 2.75) is 5.03 Å². The van der Waals surface area contributed by atoms with Crippen LogP contribution in [0, 0.1) is 0 Å². The van der Waals surface area contributed by atoms with Crippen LogP contribution in [0.25, 0.3) is 0 Å². The summed E-state index contributed by atoms with van der Waals surface area (Å²) in [6.45, 7) is 0. The maximum absolute atomic E-state index is 10.8. The molecule has 1 amide bonds. The standard InChI is InChI=1S/C7H8ClN3OS/c1-9-6(12)4-13-7-3-2-5(8)10-11-7/h2-3H,4H2,1H3,(H,9,12). The summed E-state index contributed by atoms with van der Waals surface area (Å²) >= 11 is 6.86. The maximum Gasteiger partial charge on any atom is 0.230 e. The Kier molecular flexibility index (Phi) is 3.98. The van der Waals surface area contributed by atoms with Gasteiger partial charge in [-0.2, -0.15) is 0 Å².